The van der Waals surface area contributed by atoms with Crippen LogP contribution in [0.3, 0.4) is 0 Å². The van der Waals surface area contributed by atoms with E-state index in [0.29, 0.717) is 11.4 Å². The first kappa shape index (κ1) is 8.26. The zero-order valence-electron chi connectivity index (χ0n) is 6.36. The van der Waals surface area contributed by atoms with Crippen LogP contribution < -0.4 is 10.5 Å². The predicted octanol–water partition coefficient (Wildman–Crippen LogP) is 1.47. The van der Waals surface area contributed by atoms with Crippen molar-refractivity contribution < 1.29 is 9.53 Å². The minimum Gasteiger partial charge on any atom is -0.409 e. The summed E-state index contributed by atoms with van der Waals surface area (Å²) in [6.07, 6.45) is -0.722. The van der Waals surface area contributed by atoms with Gasteiger partial charge < -0.3 is 10.5 Å². The van der Waals surface area contributed by atoms with E-state index in [0.717, 1.165) is 0 Å². The number of anilines is 1. The van der Waals surface area contributed by atoms with Crippen LogP contribution in [0, 0.1) is 0 Å². The van der Waals surface area contributed by atoms with Crippen LogP contribution in [0.25, 0.3) is 0 Å². The summed E-state index contributed by atoms with van der Waals surface area (Å²) in [5.74, 6) is 0.404. The molecule has 2 N–H and O–H groups in total. The highest BCUT2D eigenvalue weighted by molar-refractivity contribution is 5.75. The number of nitrogen functional groups attached to an aromatic ring is 1. The highest BCUT2D eigenvalue weighted by atomic mass is 16.5. The SMILES string of the molecule is C=NC(=O)Oc1ccc(N)cc1. The fraction of sp³-hybridized carbons (Fsp3) is 0. The number of rotatable bonds is 1. The van der Waals surface area contributed by atoms with Crippen LogP contribution in [0.2, 0.25) is 0 Å². The molecule has 0 aliphatic rings. The molecular weight excluding hydrogens is 156 g/mol. The molecule has 4 nitrogen and oxygen atoms in total. The van der Waals surface area contributed by atoms with Crippen LogP contribution in [-0.2, 0) is 0 Å². The monoisotopic (exact) mass is 164 g/mol. The second-order valence-corrected chi connectivity index (χ2v) is 2.10. The molecule has 1 aromatic carbocycles. The summed E-state index contributed by atoms with van der Waals surface area (Å²) >= 11 is 0. The minimum atomic E-state index is -0.722. The Balaban J connectivity index is 2.71. The van der Waals surface area contributed by atoms with Gasteiger partial charge in [-0.3, -0.25) is 0 Å². The van der Waals surface area contributed by atoms with Crippen molar-refractivity contribution in [2.75, 3.05) is 5.73 Å². The van der Waals surface area contributed by atoms with Gasteiger partial charge in [0.15, 0.2) is 0 Å². The molecule has 4 heteroatoms. The quantitative estimate of drug-likeness (QED) is 0.505. The standard InChI is InChI=1S/C8H8N2O2/c1-10-8(11)12-7-4-2-6(9)3-5-7/h2-5H,1,9H2. The third-order valence-electron chi connectivity index (χ3n) is 1.21. The van der Waals surface area contributed by atoms with E-state index in [2.05, 4.69) is 11.7 Å². The van der Waals surface area contributed by atoms with Crippen LogP contribution >= 0.6 is 0 Å². The molecule has 0 aliphatic carbocycles. The molecule has 1 rings (SSSR count). The normalized spacial score (nSPS) is 9.00. The first-order valence-corrected chi connectivity index (χ1v) is 3.26. The predicted molar refractivity (Wildman–Crippen MR) is 46.4 cm³/mol. The Kier molecular flexibility index (Phi) is 2.42. The molecule has 0 spiro atoms. The second-order valence-electron chi connectivity index (χ2n) is 2.10. The summed E-state index contributed by atoms with van der Waals surface area (Å²) in [7, 11) is 0. The Hall–Kier alpha value is -1.84. The summed E-state index contributed by atoms with van der Waals surface area (Å²) in [5.41, 5.74) is 6.03. The van der Waals surface area contributed by atoms with Crippen molar-refractivity contribution in [2.24, 2.45) is 4.99 Å². The lowest BCUT2D eigenvalue weighted by Crippen LogP contribution is -2.00. The van der Waals surface area contributed by atoms with Crippen LogP contribution in [-0.4, -0.2) is 12.8 Å². The van der Waals surface area contributed by atoms with Gasteiger partial charge in [0.05, 0.1) is 0 Å². The fourth-order valence-corrected chi connectivity index (χ4v) is 0.669. The van der Waals surface area contributed by atoms with Crippen molar-refractivity contribution >= 4 is 18.5 Å². The molecule has 0 radical (unpaired) electrons. The van der Waals surface area contributed by atoms with Crippen molar-refractivity contribution in [1.29, 1.82) is 0 Å². The average molecular weight is 164 g/mol. The minimum absolute atomic E-state index is 0.404. The van der Waals surface area contributed by atoms with Crippen LogP contribution in [0.5, 0.6) is 5.75 Å². The molecule has 0 saturated carbocycles. The van der Waals surface area contributed by atoms with Gasteiger partial charge in [0.2, 0.25) is 0 Å². The molecule has 0 aromatic heterocycles. The maximum atomic E-state index is 10.6. The van der Waals surface area contributed by atoms with Crippen molar-refractivity contribution in [3.05, 3.63) is 24.3 Å². The highest BCUT2D eigenvalue weighted by Crippen LogP contribution is 2.13. The molecular formula is C8H8N2O2. The van der Waals surface area contributed by atoms with Crippen molar-refractivity contribution in [1.82, 2.24) is 0 Å². The van der Waals surface area contributed by atoms with Crippen molar-refractivity contribution in [3.8, 4) is 5.75 Å². The van der Waals surface area contributed by atoms with Gasteiger partial charge in [-0.1, -0.05) is 0 Å². The van der Waals surface area contributed by atoms with Gasteiger partial charge in [-0.05, 0) is 31.0 Å². The Bertz CT molecular complexity index is 292. The molecule has 0 fully saturated rings. The van der Waals surface area contributed by atoms with E-state index in [1.165, 1.54) is 0 Å². The summed E-state index contributed by atoms with van der Waals surface area (Å²) in [4.78, 5) is 13.6. The van der Waals surface area contributed by atoms with Gasteiger partial charge in [-0.2, -0.15) is 4.99 Å². The van der Waals surface area contributed by atoms with E-state index in [-0.39, 0.29) is 0 Å². The number of ether oxygens (including phenoxy) is 1. The van der Waals surface area contributed by atoms with Crippen molar-refractivity contribution in [2.45, 2.75) is 0 Å². The van der Waals surface area contributed by atoms with Gasteiger partial charge >= 0.3 is 6.09 Å². The number of carbonyl (C=O) groups excluding carboxylic acids is 1. The number of carbonyl (C=O) groups is 1. The molecule has 0 atom stereocenters. The number of nitrogens with two attached hydrogens (primary N) is 1. The van der Waals surface area contributed by atoms with E-state index in [4.69, 9.17) is 10.5 Å². The molecule has 62 valence electrons. The molecule has 0 saturated heterocycles. The zero-order chi connectivity index (χ0) is 8.97. The second kappa shape index (κ2) is 3.52. The van der Waals surface area contributed by atoms with Crippen LogP contribution in [0.15, 0.2) is 29.3 Å². The molecule has 12 heavy (non-hydrogen) atoms. The number of benzene rings is 1. The summed E-state index contributed by atoms with van der Waals surface area (Å²) in [6.45, 7) is 3.03. The highest BCUT2D eigenvalue weighted by Gasteiger charge is 1.98. The van der Waals surface area contributed by atoms with Gasteiger partial charge in [0.1, 0.15) is 5.75 Å². The van der Waals surface area contributed by atoms with E-state index in [9.17, 15) is 4.79 Å². The van der Waals surface area contributed by atoms with E-state index < -0.39 is 6.09 Å². The van der Waals surface area contributed by atoms with Gasteiger partial charge in [-0.25, -0.2) is 4.79 Å². The summed E-state index contributed by atoms with van der Waals surface area (Å²) < 4.78 is 4.69. The Morgan fingerprint density at radius 3 is 2.50 bits per heavy atom. The summed E-state index contributed by atoms with van der Waals surface area (Å²) in [6, 6.07) is 6.42. The summed E-state index contributed by atoms with van der Waals surface area (Å²) in [5, 5.41) is 0. The largest absolute Gasteiger partial charge is 0.438 e. The Labute approximate surface area is 69.7 Å². The first-order valence-electron chi connectivity index (χ1n) is 3.26. The number of hydrogen-bond donors (Lipinski definition) is 1. The third kappa shape index (κ3) is 2.09. The maximum absolute atomic E-state index is 10.6. The Morgan fingerprint density at radius 2 is 2.00 bits per heavy atom. The average Bonchev–Trinajstić information content (AvgIpc) is 2.09. The maximum Gasteiger partial charge on any atom is 0.438 e. The van der Waals surface area contributed by atoms with Crippen molar-refractivity contribution in [3.63, 3.8) is 0 Å². The molecule has 1 aromatic rings. The van der Waals surface area contributed by atoms with Gasteiger partial charge in [-0.15, -0.1) is 0 Å². The molecule has 0 unspecified atom stereocenters. The number of hydrogen-bond acceptors (Lipinski definition) is 3. The van der Waals surface area contributed by atoms with Crippen LogP contribution in [0.4, 0.5) is 10.5 Å². The number of amides is 1. The molecule has 1 amide bonds. The van der Waals surface area contributed by atoms with E-state index in [1.54, 1.807) is 24.3 Å². The third-order valence-corrected chi connectivity index (χ3v) is 1.21. The fourth-order valence-electron chi connectivity index (χ4n) is 0.669. The lowest BCUT2D eigenvalue weighted by molar-refractivity contribution is 0.211. The topological polar surface area (TPSA) is 64.7 Å². The van der Waals surface area contributed by atoms with E-state index in [1.807, 2.05) is 0 Å². The Morgan fingerprint density at radius 1 is 1.42 bits per heavy atom. The smallest absolute Gasteiger partial charge is 0.409 e. The molecule has 0 heterocycles. The van der Waals surface area contributed by atoms with E-state index >= 15 is 0 Å². The number of nitrogens with zero attached hydrogens (tertiary/aromatic N) is 1. The lowest BCUT2D eigenvalue weighted by atomic mass is 10.3. The molecule has 0 aliphatic heterocycles. The van der Waals surface area contributed by atoms with Gasteiger partial charge in [0, 0.05) is 5.69 Å². The number of aliphatic imine (C=N–C) groups is 1. The van der Waals surface area contributed by atoms with Gasteiger partial charge in [0.25, 0.3) is 0 Å². The molecule has 0 bridgehead atoms. The first-order chi connectivity index (χ1) is 5.72. The van der Waals surface area contributed by atoms with Crippen LogP contribution in [0.1, 0.15) is 0 Å². The lowest BCUT2D eigenvalue weighted by Gasteiger charge is -1.99. The zero-order valence-corrected chi connectivity index (χ0v) is 6.36.